The van der Waals surface area contributed by atoms with Crippen LogP contribution in [0.1, 0.15) is 59.5 Å². The molecule has 0 aliphatic heterocycles. The van der Waals surface area contributed by atoms with Gasteiger partial charge in [0.05, 0.1) is 5.54 Å². The molecule has 0 aliphatic carbocycles. The van der Waals surface area contributed by atoms with Crippen LogP contribution in [0, 0.1) is 13.8 Å². The highest BCUT2D eigenvalue weighted by Crippen LogP contribution is 2.23. The van der Waals surface area contributed by atoms with Gasteiger partial charge in [-0.25, -0.2) is 10.0 Å². The number of benzene rings is 2. The number of hydrogen-bond donors (Lipinski definition) is 0. The van der Waals surface area contributed by atoms with E-state index in [-0.39, 0.29) is 11.8 Å². The average Bonchev–Trinajstić information content (AvgIpc) is 2.57. The molecule has 26 heavy (non-hydrogen) atoms. The molecule has 2 aromatic carbocycles. The third kappa shape index (κ3) is 4.31. The van der Waals surface area contributed by atoms with Crippen molar-refractivity contribution in [1.82, 2.24) is 10.0 Å². The zero-order valence-electron chi connectivity index (χ0n) is 16.5. The summed E-state index contributed by atoms with van der Waals surface area (Å²) in [6, 6.07) is 14.8. The van der Waals surface area contributed by atoms with Gasteiger partial charge in [-0.2, -0.15) is 0 Å². The Balaban J connectivity index is 2.48. The molecule has 0 aromatic heterocycles. The number of amides is 2. The van der Waals surface area contributed by atoms with Gasteiger partial charge in [-0.05, 0) is 65.8 Å². The molecule has 0 atom stereocenters. The van der Waals surface area contributed by atoms with E-state index in [1.165, 1.54) is 5.01 Å². The maximum atomic E-state index is 13.4. The summed E-state index contributed by atoms with van der Waals surface area (Å²) in [7, 11) is 0. The number of carbonyl (C=O) groups excluding carboxylic acids is 2. The van der Waals surface area contributed by atoms with Crippen molar-refractivity contribution in [2.24, 2.45) is 0 Å². The summed E-state index contributed by atoms with van der Waals surface area (Å²) in [5, 5.41) is 3.12. The fourth-order valence-corrected chi connectivity index (χ4v) is 3.10. The lowest BCUT2D eigenvalue weighted by atomic mass is 10.0. The predicted molar refractivity (Wildman–Crippen MR) is 105 cm³/mol. The first-order valence-electron chi connectivity index (χ1n) is 8.95. The number of hydrazine groups is 1. The minimum absolute atomic E-state index is 0.171. The Morgan fingerprint density at radius 2 is 1.38 bits per heavy atom. The van der Waals surface area contributed by atoms with Crippen molar-refractivity contribution in [2.45, 2.75) is 47.1 Å². The highest BCUT2D eigenvalue weighted by atomic mass is 16.2. The lowest BCUT2D eigenvalue weighted by Gasteiger charge is -2.43. The summed E-state index contributed by atoms with van der Waals surface area (Å²) in [6.45, 7) is 12.0. The maximum Gasteiger partial charge on any atom is 0.272 e. The first-order chi connectivity index (χ1) is 12.1. The zero-order chi connectivity index (χ0) is 19.5. The third-order valence-electron chi connectivity index (χ3n) is 4.09. The summed E-state index contributed by atoms with van der Waals surface area (Å²) in [4.78, 5) is 26.4. The van der Waals surface area contributed by atoms with Crippen molar-refractivity contribution in [3.63, 3.8) is 0 Å². The molecule has 2 amide bonds. The van der Waals surface area contributed by atoms with E-state index in [2.05, 4.69) is 0 Å². The standard InChI is InChI=1S/C22H28N2O2/c1-7-23(20(25)18-11-9-8-10-12-18)24(22(4,5)6)21(26)19-14-16(2)13-17(3)15-19/h8-15H,7H2,1-6H3. The average molecular weight is 352 g/mol. The SMILES string of the molecule is CCN(C(=O)c1ccccc1)N(C(=O)c1cc(C)cc(C)c1)C(C)(C)C. The van der Waals surface area contributed by atoms with Crippen molar-refractivity contribution in [3.05, 3.63) is 70.8 Å². The highest BCUT2D eigenvalue weighted by Gasteiger charge is 2.35. The molecule has 4 nitrogen and oxygen atoms in total. The van der Waals surface area contributed by atoms with E-state index in [1.807, 2.05) is 77.9 Å². The number of hydrogen-bond acceptors (Lipinski definition) is 2. The first kappa shape index (κ1) is 19.7. The molecule has 0 saturated heterocycles. The van der Waals surface area contributed by atoms with E-state index >= 15 is 0 Å². The van der Waals surface area contributed by atoms with Crippen LogP contribution in [-0.2, 0) is 0 Å². The molecule has 0 unspecified atom stereocenters. The Labute approximate surface area is 156 Å². The van der Waals surface area contributed by atoms with Crippen molar-refractivity contribution in [1.29, 1.82) is 0 Å². The Bertz CT molecular complexity index is 771. The second-order valence-electron chi connectivity index (χ2n) is 7.55. The van der Waals surface area contributed by atoms with Crippen molar-refractivity contribution >= 4 is 11.8 Å². The van der Waals surface area contributed by atoms with Gasteiger partial charge in [0, 0.05) is 17.7 Å². The molecule has 0 saturated carbocycles. The molecular formula is C22H28N2O2. The van der Waals surface area contributed by atoms with Crippen molar-refractivity contribution in [2.75, 3.05) is 6.54 Å². The summed E-state index contributed by atoms with van der Waals surface area (Å²) < 4.78 is 0. The number of aryl methyl sites for hydroxylation is 2. The normalized spacial score (nSPS) is 11.2. The topological polar surface area (TPSA) is 40.6 Å². The molecule has 0 N–H and O–H groups in total. The van der Waals surface area contributed by atoms with Crippen molar-refractivity contribution in [3.8, 4) is 0 Å². The first-order valence-corrected chi connectivity index (χ1v) is 8.95. The third-order valence-corrected chi connectivity index (χ3v) is 4.09. The second-order valence-corrected chi connectivity index (χ2v) is 7.55. The van der Waals surface area contributed by atoms with Gasteiger partial charge >= 0.3 is 0 Å². The maximum absolute atomic E-state index is 13.4. The van der Waals surface area contributed by atoms with Crippen LogP contribution in [0.4, 0.5) is 0 Å². The number of rotatable bonds is 3. The Morgan fingerprint density at radius 1 is 0.846 bits per heavy atom. The van der Waals surface area contributed by atoms with Crippen LogP contribution in [-0.4, -0.2) is 33.9 Å². The summed E-state index contributed by atoms with van der Waals surface area (Å²) >= 11 is 0. The largest absolute Gasteiger partial charge is 0.272 e. The van der Waals surface area contributed by atoms with E-state index < -0.39 is 5.54 Å². The molecular weight excluding hydrogens is 324 g/mol. The molecule has 0 aliphatic rings. The summed E-state index contributed by atoms with van der Waals surface area (Å²) in [6.07, 6.45) is 0. The van der Waals surface area contributed by atoms with E-state index in [1.54, 1.807) is 17.1 Å². The molecule has 4 heteroatoms. The molecule has 0 radical (unpaired) electrons. The van der Waals surface area contributed by atoms with Gasteiger partial charge in [0.1, 0.15) is 0 Å². The Morgan fingerprint density at radius 3 is 1.85 bits per heavy atom. The van der Waals surface area contributed by atoms with Crippen LogP contribution in [0.2, 0.25) is 0 Å². The molecule has 0 heterocycles. The lowest BCUT2D eigenvalue weighted by molar-refractivity contribution is -0.0410. The van der Waals surface area contributed by atoms with Crippen LogP contribution in [0.15, 0.2) is 48.5 Å². The monoisotopic (exact) mass is 352 g/mol. The van der Waals surface area contributed by atoms with Crippen LogP contribution in [0.25, 0.3) is 0 Å². The zero-order valence-corrected chi connectivity index (χ0v) is 16.5. The van der Waals surface area contributed by atoms with E-state index in [4.69, 9.17) is 0 Å². The van der Waals surface area contributed by atoms with Crippen LogP contribution >= 0.6 is 0 Å². The van der Waals surface area contributed by atoms with Crippen molar-refractivity contribution < 1.29 is 9.59 Å². The molecule has 0 fully saturated rings. The number of carbonyl (C=O) groups is 2. The molecule has 0 bridgehead atoms. The fraction of sp³-hybridized carbons (Fsp3) is 0.364. The lowest BCUT2D eigenvalue weighted by Crippen LogP contribution is -2.58. The summed E-state index contributed by atoms with van der Waals surface area (Å²) in [5.74, 6) is -0.351. The summed E-state index contributed by atoms with van der Waals surface area (Å²) in [5.41, 5.74) is 2.67. The van der Waals surface area contributed by atoms with Gasteiger partial charge < -0.3 is 0 Å². The van der Waals surface area contributed by atoms with Gasteiger partial charge in [-0.3, -0.25) is 9.59 Å². The van der Waals surface area contributed by atoms with Crippen LogP contribution in [0.5, 0.6) is 0 Å². The molecule has 0 spiro atoms. The van der Waals surface area contributed by atoms with Gasteiger partial charge in [0.2, 0.25) is 0 Å². The van der Waals surface area contributed by atoms with Gasteiger partial charge in [0.25, 0.3) is 11.8 Å². The van der Waals surface area contributed by atoms with Gasteiger partial charge in [0.15, 0.2) is 0 Å². The van der Waals surface area contributed by atoms with E-state index in [0.717, 1.165) is 11.1 Å². The quantitative estimate of drug-likeness (QED) is 0.756. The molecule has 2 rings (SSSR count). The molecule has 138 valence electrons. The van der Waals surface area contributed by atoms with E-state index in [9.17, 15) is 9.59 Å². The minimum Gasteiger partial charge on any atom is -0.267 e. The van der Waals surface area contributed by atoms with Gasteiger partial charge in [-0.15, -0.1) is 0 Å². The van der Waals surface area contributed by atoms with Crippen LogP contribution in [0.3, 0.4) is 0 Å². The number of nitrogens with zero attached hydrogens (tertiary/aromatic N) is 2. The highest BCUT2D eigenvalue weighted by molar-refractivity contribution is 5.99. The Kier molecular flexibility index (Phi) is 5.86. The van der Waals surface area contributed by atoms with E-state index in [0.29, 0.717) is 17.7 Å². The van der Waals surface area contributed by atoms with Crippen LogP contribution < -0.4 is 0 Å². The fourth-order valence-electron chi connectivity index (χ4n) is 3.10. The molecule has 2 aromatic rings. The van der Waals surface area contributed by atoms with Gasteiger partial charge in [-0.1, -0.05) is 35.4 Å². The minimum atomic E-state index is -0.546. The smallest absolute Gasteiger partial charge is 0.267 e. The predicted octanol–water partition coefficient (Wildman–Crippen LogP) is 4.62. The second kappa shape index (κ2) is 7.73. The Hall–Kier alpha value is -2.62.